The molecule has 1 aliphatic heterocycles. The van der Waals surface area contributed by atoms with Crippen LogP contribution in [0.3, 0.4) is 0 Å². The van der Waals surface area contributed by atoms with Gasteiger partial charge in [-0.1, -0.05) is 41.2 Å². The van der Waals surface area contributed by atoms with Crippen LogP contribution in [0.2, 0.25) is 0 Å². The number of nitrogens with zero attached hydrogens (tertiary/aromatic N) is 2. The van der Waals surface area contributed by atoms with Gasteiger partial charge in [0.2, 0.25) is 5.91 Å². The van der Waals surface area contributed by atoms with Crippen LogP contribution in [0.1, 0.15) is 11.1 Å². The van der Waals surface area contributed by atoms with Crippen LogP contribution < -0.4 is 20.9 Å². The minimum atomic E-state index is -0.385. The number of hydrogen-bond acceptors (Lipinski definition) is 6. The predicted octanol–water partition coefficient (Wildman–Crippen LogP) is 2.88. The van der Waals surface area contributed by atoms with Crippen molar-refractivity contribution in [2.24, 2.45) is 0 Å². The molecule has 9 heteroatoms. The van der Waals surface area contributed by atoms with Gasteiger partial charge in [-0.3, -0.25) is 4.79 Å². The molecule has 0 aliphatic carbocycles. The van der Waals surface area contributed by atoms with Gasteiger partial charge < -0.3 is 25.6 Å². The summed E-state index contributed by atoms with van der Waals surface area (Å²) < 4.78 is 6.40. The second-order valence-electron chi connectivity index (χ2n) is 7.35. The fraction of sp³-hybridized carbons (Fsp3) is 0.318. The van der Waals surface area contributed by atoms with Crippen LogP contribution in [-0.4, -0.2) is 49.8 Å². The minimum absolute atomic E-state index is 0.112. The number of urea groups is 1. The average molecular weight is 440 g/mol. The molecule has 8 nitrogen and oxygen atoms in total. The molecule has 0 spiro atoms. The molecule has 1 aromatic heterocycles. The van der Waals surface area contributed by atoms with E-state index in [2.05, 4.69) is 25.8 Å². The number of rotatable bonds is 6. The largest absolute Gasteiger partial charge is 0.378 e. The number of carbonyl (C=O) groups excluding carboxylic acids is 2. The van der Waals surface area contributed by atoms with Crippen molar-refractivity contribution in [2.45, 2.75) is 13.5 Å². The summed E-state index contributed by atoms with van der Waals surface area (Å²) in [5, 5.41) is 9.11. The Balaban J connectivity index is 1.26. The lowest BCUT2D eigenvalue weighted by Crippen LogP contribution is -2.39. The Morgan fingerprint density at radius 2 is 1.87 bits per heavy atom. The predicted molar refractivity (Wildman–Crippen MR) is 123 cm³/mol. The first-order valence-corrected chi connectivity index (χ1v) is 11.0. The average Bonchev–Trinajstić information content (AvgIpc) is 3.21. The number of carbonyl (C=O) groups is 2. The highest BCUT2D eigenvalue weighted by Crippen LogP contribution is 2.31. The molecule has 0 bridgehead atoms. The van der Waals surface area contributed by atoms with E-state index in [1.807, 2.05) is 49.4 Å². The van der Waals surface area contributed by atoms with Crippen molar-refractivity contribution in [1.82, 2.24) is 15.6 Å². The number of aryl methyl sites for hydroxylation is 1. The van der Waals surface area contributed by atoms with Crippen LogP contribution in [0.15, 0.2) is 42.5 Å². The van der Waals surface area contributed by atoms with E-state index in [0.29, 0.717) is 25.4 Å². The fourth-order valence-electron chi connectivity index (χ4n) is 3.20. The second kappa shape index (κ2) is 9.76. The van der Waals surface area contributed by atoms with Crippen molar-refractivity contribution in [2.75, 3.05) is 43.1 Å². The molecule has 3 N–H and O–H groups in total. The molecule has 1 saturated heterocycles. The van der Waals surface area contributed by atoms with Crippen molar-refractivity contribution >= 4 is 44.3 Å². The number of ether oxygens (including phenoxy) is 1. The SMILES string of the molecule is Cc1ccc(CNC(=O)NCC(=O)Nc2ccc3nc(N4CCOCC4)sc3c2)cc1. The molecule has 0 saturated carbocycles. The second-order valence-corrected chi connectivity index (χ2v) is 8.36. The monoisotopic (exact) mass is 439 g/mol. The summed E-state index contributed by atoms with van der Waals surface area (Å²) >= 11 is 1.60. The summed E-state index contributed by atoms with van der Waals surface area (Å²) in [7, 11) is 0. The number of anilines is 2. The highest BCUT2D eigenvalue weighted by atomic mass is 32.1. The first kappa shape index (κ1) is 21.1. The van der Waals surface area contributed by atoms with Crippen LogP contribution in [0.5, 0.6) is 0 Å². The van der Waals surface area contributed by atoms with Gasteiger partial charge in [-0.05, 0) is 30.7 Å². The van der Waals surface area contributed by atoms with Gasteiger partial charge in [-0.2, -0.15) is 0 Å². The van der Waals surface area contributed by atoms with Crippen LogP contribution >= 0.6 is 11.3 Å². The number of hydrogen-bond donors (Lipinski definition) is 3. The van der Waals surface area contributed by atoms with E-state index in [0.717, 1.165) is 34.0 Å². The third-order valence-corrected chi connectivity index (χ3v) is 6.00. The lowest BCUT2D eigenvalue weighted by molar-refractivity contribution is -0.115. The van der Waals surface area contributed by atoms with Gasteiger partial charge in [-0.15, -0.1) is 0 Å². The lowest BCUT2D eigenvalue weighted by Gasteiger charge is -2.25. The third-order valence-electron chi connectivity index (χ3n) is 4.93. The zero-order valence-corrected chi connectivity index (χ0v) is 18.1. The maximum Gasteiger partial charge on any atom is 0.315 e. The standard InChI is InChI=1S/C22H25N5O3S/c1-15-2-4-16(5-3-15)13-23-21(29)24-14-20(28)25-17-6-7-18-19(12-17)31-22(26-18)27-8-10-30-11-9-27/h2-7,12H,8-11,13-14H2,1H3,(H,25,28)(H2,23,24,29). The minimum Gasteiger partial charge on any atom is -0.378 e. The summed E-state index contributed by atoms with van der Waals surface area (Å²) in [6.07, 6.45) is 0. The molecular weight excluding hydrogens is 414 g/mol. The summed E-state index contributed by atoms with van der Waals surface area (Å²) in [4.78, 5) is 31.1. The zero-order chi connectivity index (χ0) is 21.6. The van der Waals surface area contributed by atoms with Crippen molar-refractivity contribution in [3.8, 4) is 0 Å². The first-order chi connectivity index (χ1) is 15.1. The van der Waals surface area contributed by atoms with Gasteiger partial charge in [0, 0.05) is 25.3 Å². The Bertz CT molecular complexity index is 1060. The number of benzene rings is 2. The van der Waals surface area contributed by atoms with E-state index in [4.69, 9.17) is 4.74 Å². The zero-order valence-electron chi connectivity index (χ0n) is 17.3. The summed E-state index contributed by atoms with van der Waals surface area (Å²) in [6.45, 7) is 5.40. The molecule has 31 heavy (non-hydrogen) atoms. The summed E-state index contributed by atoms with van der Waals surface area (Å²) in [5.41, 5.74) is 3.74. The van der Waals surface area contributed by atoms with Gasteiger partial charge >= 0.3 is 6.03 Å². The molecule has 1 aliphatic rings. The van der Waals surface area contributed by atoms with Crippen LogP contribution in [0.25, 0.3) is 10.2 Å². The molecule has 0 atom stereocenters. The molecule has 3 aromatic rings. The Hall–Kier alpha value is -3.17. The van der Waals surface area contributed by atoms with Gasteiger partial charge in [0.25, 0.3) is 0 Å². The molecule has 3 amide bonds. The molecule has 4 rings (SSSR count). The quantitative estimate of drug-likeness (QED) is 0.549. The maximum atomic E-state index is 12.2. The van der Waals surface area contributed by atoms with Gasteiger partial charge in [-0.25, -0.2) is 9.78 Å². The lowest BCUT2D eigenvalue weighted by atomic mass is 10.1. The molecule has 162 valence electrons. The van der Waals surface area contributed by atoms with Crippen LogP contribution in [0.4, 0.5) is 15.6 Å². The number of fused-ring (bicyclic) bond motifs is 1. The van der Waals surface area contributed by atoms with Crippen LogP contribution in [-0.2, 0) is 16.1 Å². The Kier molecular flexibility index (Phi) is 6.63. The fourth-order valence-corrected chi connectivity index (χ4v) is 4.25. The van der Waals surface area contributed by atoms with E-state index in [9.17, 15) is 9.59 Å². The molecular formula is C22H25N5O3S. The maximum absolute atomic E-state index is 12.2. The van der Waals surface area contributed by atoms with E-state index in [-0.39, 0.29) is 18.5 Å². The molecule has 2 heterocycles. The Labute approximate surface area is 184 Å². The third kappa shape index (κ3) is 5.71. The molecule has 2 aromatic carbocycles. The van der Waals surface area contributed by atoms with E-state index >= 15 is 0 Å². The highest BCUT2D eigenvalue weighted by Gasteiger charge is 2.16. The summed E-state index contributed by atoms with van der Waals surface area (Å²) in [5.74, 6) is -0.289. The first-order valence-electron chi connectivity index (χ1n) is 10.2. The van der Waals surface area contributed by atoms with Crippen LogP contribution in [0, 0.1) is 6.92 Å². The molecule has 0 radical (unpaired) electrons. The Morgan fingerprint density at radius 1 is 1.10 bits per heavy atom. The number of morpholine rings is 1. The van der Waals surface area contributed by atoms with Crippen molar-refractivity contribution in [3.05, 3.63) is 53.6 Å². The van der Waals surface area contributed by atoms with E-state index in [1.54, 1.807) is 11.3 Å². The number of thiazole rings is 1. The molecule has 1 fully saturated rings. The van der Waals surface area contributed by atoms with Gasteiger partial charge in [0.15, 0.2) is 5.13 Å². The van der Waals surface area contributed by atoms with Gasteiger partial charge in [0.05, 0.1) is 30.0 Å². The number of nitrogens with one attached hydrogen (secondary N) is 3. The van der Waals surface area contributed by atoms with Gasteiger partial charge in [0.1, 0.15) is 0 Å². The Morgan fingerprint density at radius 3 is 2.65 bits per heavy atom. The normalized spacial score (nSPS) is 13.8. The van der Waals surface area contributed by atoms with Crippen molar-refractivity contribution in [1.29, 1.82) is 0 Å². The van der Waals surface area contributed by atoms with Crippen molar-refractivity contribution in [3.63, 3.8) is 0 Å². The number of amides is 3. The van der Waals surface area contributed by atoms with E-state index < -0.39 is 0 Å². The smallest absolute Gasteiger partial charge is 0.315 e. The highest BCUT2D eigenvalue weighted by molar-refractivity contribution is 7.22. The number of aromatic nitrogens is 1. The molecule has 0 unspecified atom stereocenters. The van der Waals surface area contributed by atoms with E-state index in [1.165, 1.54) is 5.56 Å². The van der Waals surface area contributed by atoms with Crippen molar-refractivity contribution < 1.29 is 14.3 Å². The topological polar surface area (TPSA) is 95.6 Å². The summed E-state index contributed by atoms with van der Waals surface area (Å²) in [6, 6.07) is 13.1.